The van der Waals surface area contributed by atoms with Gasteiger partial charge in [0.1, 0.15) is 5.75 Å². The maximum Gasteiger partial charge on any atom is 0.119 e. The van der Waals surface area contributed by atoms with Gasteiger partial charge in [0.25, 0.3) is 0 Å². The van der Waals surface area contributed by atoms with Gasteiger partial charge in [0.05, 0.1) is 0 Å². The van der Waals surface area contributed by atoms with E-state index < -0.39 is 0 Å². The van der Waals surface area contributed by atoms with Crippen molar-refractivity contribution >= 4 is 11.6 Å². The smallest absolute Gasteiger partial charge is 0.119 e. The molecule has 2 atom stereocenters. The van der Waals surface area contributed by atoms with Crippen LogP contribution in [0.5, 0.6) is 5.75 Å². The Morgan fingerprint density at radius 3 is 2.80 bits per heavy atom. The average molecular weight is 288 g/mol. The van der Waals surface area contributed by atoms with Crippen LogP contribution in [0.3, 0.4) is 0 Å². The normalized spacial score (nSPS) is 18.8. The summed E-state index contributed by atoms with van der Waals surface area (Å²) in [6, 6.07) is 14.2. The number of benzene rings is 2. The molecule has 1 aliphatic rings. The topological polar surface area (TPSA) is 32.3 Å². The first kappa shape index (κ1) is 13.5. The maximum absolute atomic E-state index is 9.90. The van der Waals surface area contributed by atoms with Crippen molar-refractivity contribution in [3.05, 3.63) is 64.2 Å². The summed E-state index contributed by atoms with van der Waals surface area (Å²) in [5.74, 6) is 0.414. The van der Waals surface area contributed by atoms with E-state index in [4.69, 9.17) is 11.6 Å². The van der Waals surface area contributed by atoms with Crippen molar-refractivity contribution in [3.63, 3.8) is 0 Å². The fourth-order valence-electron chi connectivity index (χ4n) is 3.03. The quantitative estimate of drug-likeness (QED) is 0.878. The van der Waals surface area contributed by atoms with Gasteiger partial charge in [-0.15, -0.1) is 0 Å². The monoisotopic (exact) mass is 287 g/mol. The third-order valence-electron chi connectivity index (χ3n) is 4.07. The zero-order valence-electron chi connectivity index (χ0n) is 11.4. The van der Waals surface area contributed by atoms with E-state index in [1.165, 1.54) is 5.56 Å². The van der Waals surface area contributed by atoms with Crippen LogP contribution in [0.25, 0.3) is 0 Å². The Balaban J connectivity index is 1.81. The van der Waals surface area contributed by atoms with Gasteiger partial charge in [0.15, 0.2) is 0 Å². The SMILES string of the molecule is CC(NC1CCc2c(O)cccc21)c1ccccc1Cl. The Hall–Kier alpha value is -1.51. The number of nitrogens with one attached hydrogen (secondary N) is 1. The molecule has 0 heterocycles. The van der Waals surface area contributed by atoms with Crippen molar-refractivity contribution in [1.82, 2.24) is 5.32 Å². The molecule has 2 aromatic rings. The minimum atomic E-state index is 0.182. The van der Waals surface area contributed by atoms with E-state index in [0.717, 1.165) is 29.0 Å². The standard InChI is InChI=1S/C17H18ClNO/c1-11(12-5-2-3-7-15(12)18)19-16-10-9-14-13(16)6-4-8-17(14)20/h2-8,11,16,19-20H,9-10H2,1H3. The molecule has 0 aromatic heterocycles. The molecule has 0 amide bonds. The van der Waals surface area contributed by atoms with Gasteiger partial charge in [-0.1, -0.05) is 41.9 Å². The van der Waals surface area contributed by atoms with Crippen molar-refractivity contribution in [2.75, 3.05) is 0 Å². The van der Waals surface area contributed by atoms with E-state index in [0.29, 0.717) is 5.75 Å². The lowest BCUT2D eigenvalue weighted by Gasteiger charge is -2.21. The molecule has 2 nitrogen and oxygen atoms in total. The number of hydrogen-bond acceptors (Lipinski definition) is 2. The predicted molar refractivity (Wildman–Crippen MR) is 82.2 cm³/mol. The summed E-state index contributed by atoms with van der Waals surface area (Å²) in [6.45, 7) is 2.13. The van der Waals surface area contributed by atoms with E-state index in [1.807, 2.05) is 24.3 Å². The first-order valence-electron chi connectivity index (χ1n) is 6.98. The average Bonchev–Trinajstić information content (AvgIpc) is 2.84. The van der Waals surface area contributed by atoms with Crippen LogP contribution >= 0.6 is 11.6 Å². The third-order valence-corrected chi connectivity index (χ3v) is 4.41. The highest BCUT2D eigenvalue weighted by atomic mass is 35.5. The maximum atomic E-state index is 9.90. The van der Waals surface area contributed by atoms with Crippen LogP contribution in [0, 0.1) is 0 Å². The zero-order valence-corrected chi connectivity index (χ0v) is 12.2. The summed E-state index contributed by atoms with van der Waals surface area (Å²) >= 11 is 6.25. The van der Waals surface area contributed by atoms with Gasteiger partial charge in [-0.3, -0.25) is 0 Å². The number of aromatic hydroxyl groups is 1. The van der Waals surface area contributed by atoms with Gasteiger partial charge in [0.2, 0.25) is 0 Å². The molecule has 0 radical (unpaired) electrons. The van der Waals surface area contributed by atoms with Gasteiger partial charge in [-0.05, 0) is 48.6 Å². The molecule has 2 unspecified atom stereocenters. The molecule has 0 saturated carbocycles. The molecular weight excluding hydrogens is 270 g/mol. The van der Waals surface area contributed by atoms with Gasteiger partial charge < -0.3 is 10.4 Å². The lowest BCUT2D eigenvalue weighted by molar-refractivity contribution is 0.465. The molecule has 3 heteroatoms. The summed E-state index contributed by atoms with van der Waals surface area (Å²) in [4.78, 5) is 0. The van der Waals surface area contributed by atoms with Crippen molar-refractivity contribution in [2.45, 2.75) is 31.8 Å². The Morgan fingerprint density at radius 2 is 2.00 bits per heavy atom. The number of phenolic OH excluding ortho intramolecular Hbond substituents is 1. The van der Waals surface area contributed by atoms with E-state index in [1.54, 1.807) is 6.07 Å². The molecule has 0 aliphatic heterocycles. The number of halogens is 1. The molecular formula is C17H18ClNO. The molecule has 3 rings (SSSR count). The fraction of sp³-hybridized carbons (Fsp3) is 0.294. The number of rotatable bonds is 3. The molecule has 0 saturated heterocycles. The molecule has 2 aromatic carbocycles. The second-order valence-corrected chi connectivity index (χ2v) is 5.75. The minimum absolute atomic E-state index is 0.182. The molecule has 104 valence electrons. The van der Waals surface area contributed by atoms with Crippen LogP contribution in [-0.2, 0) is 6.42 Å². The van der Waals surface area contributed by atoms with Crippen molar-refractivity contribution in [3.8, 4) is 5.75 Å². The molecule has 20 heavy (non-hydrogen) atoms. The van der Waals surface area contributed by atoms with E-state index >= 15 is 0 Å². The Kier molecular flexibility index (Phi) is 3.68. The number of hydrogen-bond donors (Lipinski definition) is 2. The van der Waals surface area contributed by atoms with Gasteiger partial charge in [-0.25, -0.2) is 0 Å². The van der Waals surface area contributed by atoms with Crippen molar-refractivity contribution in [2.24, 2.45) is 0 Å². The Bertz CT molecular complexity index is 626. The summed E-state index contributed by atoms with van der Waals surface area (Å²) in [7, 11) is 0. The second kappa shape index (κ2) is 5.47. The Morgan fingerprint density at radius 1 is 1.20 bits per heavy atom. The first-order valence-corrected chi connectivity index (χ1v) is 7.36. The van der Waals surface area contributed by atoms with Gasteiger partial charge >= 0.3 is 0 Å². The Labute approximate surface area is 124 Å². The van der Waals surface area contributed by atoms with Crippen LogP contribution in [0.15, 0.2) is 42.5 Å². The molecule has 0 fully saturated rings. The number of fused-ring (bicyclic) bond motifs is 1. The fourth-order valence-corrected chi connectivity index (χ4v) is 3.33. The van der Waals surface area contributed by atoms with Gasteiger partial charge in [0, 0.05) is 17.1 Å². The summed E-state index contributed by atoms with van der Waals surface area (Å²) in [5.41, 5.74) is 3.41. The highest BCUT2D eigenvalue weighted by Crippen LogP contribution is 2.37. The lowest BCUT2D eigenvalue weighted by Crippen LogP contribution is -2.23. The van der Waals surface area contributed by atoms with Crippen LogP contribution in [-0.4, -0.2) is 5.11 Å². The predicted octanol–water partition coefficient (Wildman–Crippen LogP) is 4.38. The number of phenols is 1. The summed E-state index contributed by atoms with van der Waals surface area (Å²) in [5, 5.41) is 14.3. The zero-order chi connectivity index (χ0) is 14.1. The second-order valence-electron chi connectivity index (χ2n) is 5.35. The molecule has 0 bridgehead atoms. The minimum Gasteiger partial charge on any atom is -0.508 e. The largest absolute Gasteiger partial charge is 0.508 e. The van der Waals surface area contributed by atoms with Crippen molar-refractivity contribution in [1.29, 1.82) is 0 Å². The third kappa shape index (κ3) is 2.41. The molecule has 2 N–H and O–H groups in total. The van der Waals surface area contributed by atoms with E-state index in [2.05, 4.69) is 24.4 Å². The highest BCUT2D eigenvalue weighted by molar-refractivity contribution is 6.31. The molecule has 1 aliphatic carbocycles. The van der Waals surface area contributed by atoms with Crippen molar-refractivity contribution < 1.29 is 5.11 Å². The first-order chi connectivity index (χ1) is 9.66. The van der Waals surface area contributed by atoms with Crippen LogP contribution < -0.4 is 5.32 Å². The summed E-state index contributed by atoms with van der Waals surface area (Å²) in [6.07, 6.45) is 1.94. The highest BCUT2D eigenvalue weighted by Gasteiger charge is 2.26. The van der Waals surface area contributed by atoms with E-state index in [-0.39, 0.29) is 12.1 Å². The molecule has 0 spiro atoms. The van der Waals surface area contributed by atoms with Crippen LogP contribution in [0.4, 0.5) is 0 Å². The summed E-state index contributed by atoms with van der Waals surface area (Å²) < 4.78 is 0. The van der Waals surface area contributed by atoms with E-state index in [9.17, 15) is 5.11 Å². The lowest BCUT2D eigenvalue weighted by atomic mass is 10.0. The van der Waals surface area contributed by atoms with Crippen LogP contribution in [0.1, 0.15) is 42.1 Å². The van der Waals surface area contributed by atoms with Crippen LogP contribution in [0.2, 0.25) is 5.02 Å². The van der Waals surface area contributed by atoms with Gasteiger partial charge in [-0.2, -0.15) is 0 Å².